The summed E-state index contributed by atoms with van der Waals surface area (Å²) in [6.07, 6.45) is 2.59. The largest absolute Gasteiger partial charge is 0.497 e. The number of hydrogen-bond acceptors (Lipinski definition) is 6. The van der Waals surface area contributed by atoms with Gasteiger partial charge in [-0.1, -0.05) is 54.3 Å². The van der Waals surface area contributed by atoms with Crippen molar-refractivity contribution < 1.29 is 19.1 Å². The molecule has 0 aliphatic carbocycles. The van der Waals surface area contributed by atoms with Gasteiger partial charge < -0.3 is 14.8 Å². The molecule has 6 nitrogen and oxygen atoms in total. The second-order valence-electron chi connectivity index (χ2n) is 7.70. The Morgan fingerprint density at radius 3 is 2.49 bits per heavy atom. The third-order valence-corrected chi connectivity index (χ3v) is 6.55. The molecule has 1 N–H and O–H groups in total. The molecule has 3 aromatic carbocycles. The van der Waals surface area contributed by atoms with E-state index >= 15 is 0 Å². The van der Waals surface area contributed by atoms with Crippen LogP contribution in [0.25, 0.3) is 6.08 Å². The fraction of sp³-hybridized carbons (Fsp3) is 0.148. The lowest BCUT2D eigenvalue weighted by Crippen LogP contribution is -2.29. The highest BCUT2D eigenvalue weighted by atomic mass is 32.2. The third-order valence-electron chi connectivity index (χ3n) is 5.17. The van der Waals surface area contributed by atoms with Crippen LogP contribution in [0.4, 0.5) is 5.69 Å². The van der Waals surface area contributed by atoms with Gasteiger partial charge in [0.15, 0.2) is 0 Å². The van der Waals surface area contributed by atoms with Gasteiger partial charge in [-0.25, -0.2) is 0 Å². The van der Waals surface area contributed by atoms with Crippen LogP contribution in [-0.2, 0) is 9.59 Å². The Morgan fingerprint density at radius 1 is 1.00 bits per heavy atom. The van der Waals surface area contributed by atoms with Crippen molar-refractivity contribution in [1.82, 2.24) is 4.90 Å². The highest BCUT2D eigenvalue weighted by Crippen LogP contribution is 2.33. The van der Waals surface area contributed by atoms with Crippen molar-refractivity contribution in [3.63, 3.8) is 0 Å². The van der Waals surface area contributed by atoms with Crippen LogP contribution in [0.2, 0.25) is 0 Å². The molecule has 1 aliphatic rings. The lowest BCUT2D eigenvalue weighted by atomic mass is 10.2. The fourth-order valence-corrected chi connectivity index (χ4v) is 4.74. The molecular weight excluding hydrogens is 480 g/mol. The molecule has 1 heterocycles. The number of amides is 2. The Labute approximate surface area is 213 Å². The second-order valence-corrected chi connectivity index (χ2v) is 9.38. The SMILES string of the molecule is COc1ccc(NC(=O)CCCN2C(=O)/C(=C/c3cccc(Oc4ccccc4)c3)SC2=S)cc1. The molecule has 4 rings (SSSR count). The van der Waals surface area contributed by atoms with Crippen LogP contribution in [-0.4, -0.2) is 34.7 Å². The van der Waals surface area contributed by atoms with Crippen molar-refractivity contribution in [2.24, 2.45) is 0 Å². The maximum Gasteiger partial charge on any atom is 0.266 e. The molecule has 0 atom stereocenters. The number of para-hydroxylation sites is 1. The van der Waals surface area contributed by atoms with Crippen molar-refractivity contribution in [2.75, 3.05) is 19.0 Å². The third kappa shape index (κ3) is 6.71. The van der Waals surface area contributed by atoms with E-state index in [1.165, 1.54) is 11.8 Å². The van der Waals surface area contributed by atoms with Crippen molar-refractivity contribution >= 4 is 51.9 Å². The number of anilines is 1. The van der Waals surface area contributed by atoms with Gasteiger partial charge in [-0.15, -0.1) is 0 Å². The molecule has 35 heavy (non-hydrogen) atoms. The first-order valence-electron chi connectivity index (χ1n) is 11.0. The average molecular weight is 505 g/mol. The summed E-state index contributed by atoms with van der Waals surface area (Å²) < 4.78 is 11.5. The van der Waals surface area contributed by atoms with E-state index in [4.69, 9.17) is 21.7 Å². The lowest BCUT2D eigenvalue weighted by molar-refractivity contribution is -0.122. The smallest absolute Gasteiger partial charge is 0.266 e. The van der Waals surface area contributed by atoms with E-state index in [1.54, 1.807) is 36.3 Å². The quantitative estimate of drug-likeness (QED) is 0.280. The summed E-state index contributed by atoms with van der Waals surface area (Å²) in [5, 5.41) is 2.85. The number of benzene rings is 3. The van der Waals surface area contributed by atoms with Gasteiger partial charge in [0.05, 0.1) is 12.0 Å². The maximum atomic E-state index is 12.9. The molecule has 2 amide bonds. The molecule has 1 saturated heterocycles. The number of hydrogen-bond donors (Lipinski definition) is 1. The summed E-state index contributed by atoms with van der Waals surface area (Å²) >= 11 is 6.69. The normalized spacial score (nSPS) is 14.3. The van der Waals surface area contributed by atoms with E-state index in [2.05, 4.69) is 5.32 Å². The molecule has 8 heteroatoms. The standard InChI is InChI=1S/C27H24N2O4S2/c1-32-21-14-12-20(13-15-21)28-25(30)11-6-16-29-26(31)24(35-27(29)34)18-19-7-5-10-23(17-19)33-22-8-3-2-4-9-22/h2-5,7-10,12-15,17-18H,6,11,16H2,1H3,(H,28,30)/b24-18-. The minimum absolute atomic E-state index is 0.119. The van der Waals surface area contributed by atoms with Crippen molar-refractivity contribution in [2.45, 2.75) is 12.8 Å². The van der Waals surface area contributed by atoms with Crippen LogP contribution in [0.15, 0.2) is 83.8 Å². The van der Waals surface area contributed by atoms with Crippen LogP contribution in [0.3, 0.4) is 0 Å². The molecule has 0 spiro atoms. The predicted octanol–water partition coefficient (Wildman–Crippen LogP) is 6.11. The van der Waals surface area contributed by atoms with E-state index in [0.29, 0.717) is 33.6 Å². The van der Waals surface area contributed by atoms with Gasteiger partial charge in [0.2, 0.25) is 5.91 Å². The van der Waals surface area contributed by atoms with Gasteiger partial charge in [-0.3, -0.25) is 14.5 Å². The monoisotopic (exact) mass is 504 g/mol. The van der Waals surface area contributed by atoms with Gasteiger partial charge in [0, 0.05) is 18.7 Å². The van der Waals surface area contributed by atoms with E-state index < -0.39 is 0 Å². The summed E-state index contributed by atoms with van der Waals surface area (Å²) in [6, 6.07) is 24.2. The highest BCUT2D eigenvalue weighted by Gasteiger charge is 2.31. The Hall–Kier alpha value is -3.62. The summed E-state index contributed by atoms with van der Waals surface area (Å²) in [5.41, 5.74) is 1.54. The lowest BCUT2D eigenvalue weighted by Gasteiger charge is -2.14. The Bertz CT molecular complexity index is 1240. The zero-order valence-electron chi connectivity index (χ0n) is 19.1. The number of rotatable bonds is 9. The molecule has 0 saturated carbocycles. The summed E-state index contributed by atoms with van der Waals surface area (Å²) in [6.45, 7) is 0.384. The maximum absolute atomic E-state index is 12.9. The number of thioether (sulfide) groups is 1. The minimum Gasteiger partial charge on any atom is -0.497 e. The minimum atomic E-state index is -0.148. The first kappa shape index (κ1) is 24.5. The number of nitrogens with zero attached hydrogens (tertiary/aromatic N) is 1. The van der Waals surface area contributed by atoms with Crippen molar-refractivity contribution in [3.8, 4) is 17.2 Å². The topological polar surface area (TPSA) is 67.9 Å². The molecule has 1 aliphatic heterocycles. The first-order chi connectivity index (χ1) is 17.0. The summed E-state index contributed by atoms with van der Waals surface area (Å²) in [5.74, 6) is 1.88. The van der Waals surface area contributed by atoms with Crippen molar-refractivity contribution in [3.05, 3.63) is 89.3 Å². The zero-order valence-corrected chi connectivity index (χ0v) is 20.7. The zero-order chi connectivity index (χ0) is 24.6. The van der Waals surface area contributed by atoms with Crippen LogP contribution in [0.5, 0.6) is 17.2 Å². The van der Waals surface area contributed by atoms with Crippen LogP contribution in [0.1, 0.15) is 18.4 Å². The highest BCUT2D eigenvalue weighted by molar-refractivity contribution is 8.26. The summed E-state index contributed by atoms with van der Waals surface area (Å²) in [4.78, 5) is 27.3. The first-order valence-corrected chi connectivity index (χ1v) is 12.3. The number of thiocarbonyl (C=S) groups is 1. The van der Waals surface area contributed by atoms with Gasteiger partial charge in [0.25, 0.3) is 5.91 Å². The number of carbonyl (C=O) groups is 2. The van der Waals surface area contributed by atoms with Crippen LogP contribution in [0, 0.1) is 0 Å². The summed E-state index contributed by atoms with van der Waals surface area (Å²) in [7, 11) is 1.59. The number of carbonyl (C=O) groups excluding carboxylic acids is 2. The van der Waals surface area contributed by atoms with E-state index in [0.717, 1.165) is 17.1 Å². The van der Waals surface area contributed by atoms with Gasteiger partial charge in [0.1, 0.15) is 21.6 Å². The van der Waals surface area contributed by atoms with Gasteiger partial charge >= 0.3 is 0 Å². The van der Waals surface area contributed by atoms with Gasteiger partial charge in [-0.05, 0) is 66.6 Å². The van der Waals surface area contributed by atoms with Gasteiger partial charge in [-0.2, -0.15) is 0 Å². The van der Waals surface area contributed by atoms with Crippen LogP contribution >= 0.6 is 24.0 Å². The van der Waals surface area contributed by atoms with Crippen LogP contribution < -0.4 is 14.8 Å². The average Bonchev–Trinajstić information content (AvgIpc) is 3.12. The number of ether oxygens (including phenoxy) is 2. The fourth-order valence-electron chi connectivity index (χ4n) is 3.43. The molecule has 0 bridgehead atoms. The molecule has 0 aromatic heterocycles. The molecule has 178 valence electrons. The molecular formula is C27H24N2O4S2. The van der Waals surface area contributed by atoms with E-state index in [9.17, 15) is 9.59 Å². The predicted molar refractivity (Wildman–Crippen MR) is 144 cm³/mol. The number of nitrogens with one attached hydrogen (secondary N) is 1. The molecule has 1 fully saturated rings. The molecule has 0 unspecified atom stereocenters. The molecule has 0 radical (unpaired) electrons. The Morgan fingerprint density at radius 2 is 1.74 bits per heavy atom. The van der Waals surface area contributed by atoms with E-state index in [1.807, 2.05) is 60.7 Å². The Kier molecular flexibility index (Phi) is 8.18. The second kappa shape index (κ2) is 11.7. The number of methoxy groups -OCH3 is 1. The van der Waals surface area contributed by atoms with Crippen molar-refractivity contribution in [1.29, 1.82) is 0 Å². The molecule has 3 aromatic rings. The Balaban J connectivity index is 1.31. The van der Waals surface area contributed by atoms with E-state index in [-0.39, 0.29) is 18.2 Å².